The first kappa shape index (κ1) is 15.8. The zero-order valence-electron chi connectivity index (χ0n) is 11.7. The maximum atomic E-state index is 14.2. The summed E-state index contributed by atoms with van der Waals surface area (Å²) in [5, 5.41) is 18.9. The van der Waals surface area contributed by atoms with Crippen LogP contribution in [0.25, 0.3) is 10.9 Å². The summed E-state index contributed by atoms with van der Waals surface area (Å²) in [7, 11) is -1.96. The Labute approximate surface area is 126 Å². The fourth-order valence-corrected chi connectivity index (χ4v) is 2.10. The van der Waals surface area contributed by atoms with E-state index in [-0.39, 0.29) is 16.1 Å². The van der Waals surface area contributed by atoms with Gasteiger partial charge in [-0.2, -0.15) is 0 Å². The Balaban J connectivity index is 2.72. The molecule has 0 amide bonds. The summed E-state index contributed by atoms with van der Waals surface area (Å²) in [5.41, 5.74) is -1.17. The molecule has 8 heteroatoms. The van der Waals surface area contributed by atoms with Crippen molar-refractivity contribution in [1.29, 1.82) is 0 Å². The number of hydrogen-bond acceptors (Lipinski definition) is 4. The SMILES string of the molecule is CC(C)(C)OC(=O)n1c(B(O)O)cc2ccc(Cl)c(F)c21. The molecule has 21 heavy (non-hydrogen) atoms. The van der Waals surface area contributed by atoms with Crippen LogP contribution in [0.4, 0.5) is 9.18 Å². The van der Waals surface area contributed by atoms with Gasteiger partial charge >= 0.3 is 13.2 Å². The van der Waals surface area contributed by atoms with Gasteiger partial charge in [-0.1, -0.05) is 17.7 Å². The van der Waals surface area contributed by atoms with Crippen LogP contribution in [0.3, 0.4) is 0 Å². The lowest BCUT2D eigenvalue weighted by Gasteiger charge is -2.21. The summed E-state index contributed by atoms with van der Waals surface area (Å²) >= 11 is 5.72. The van der Waals surface area contributed by atoms with E-state index in [0.29, 0.717) is 5.39 Å². The van der Waals surface area contributed by atoms with Gasteiger partial charge in [-0.3, -0.25) is 0 Å². The van der Waals surface area contributed by atoms with Crippen LogP contribution in [-0.2, 0) is 4.74 Å². The molecule has 1 aromatic carbocycles. The predicted molar refractivity (Wildman–Crippen MR) is 78.4 cm³/mol. The molecule has 0 aliphatic carbocycles. The van der Waals surface area contributed by atoms with E-state index in [4.69, 9.17) is 16.3 Å². The Morgan fingerprint density at radius 2 is 2.00 bits per heavy atom. The van der Waals surface area contributed by atoms with Crippen molar-refractivity contribution in [2.45, 2.75) is 26.4 Å². The third-order valence-electron chi connectivity index (χ3n) is 2.73. The summed E-state index contributed by atoms with van der Waals surface area (Å²) in [5.74, 6) is -0.827. The second-order valence-corrected chi connectivity index (χ2v) is 5.97. The molecule has 1 aromatic heterocycles. The Hall–Kier alpha value is -1.57. The van der Waals surface area contributed by atoms with Gasteiger partial charge in [0.05, 0.1) is 16.1 Å². The Morgan fingerprint density at radius 3 is 2.52 bits per heavy atom. The average Bonchev–Trinajstić information content (AvgIpc) is 2.72. The number of hydrogen-bond donors (Lipinski definition) is 2. The number of rotatable bonds is 1. The van der Waals surface area contributed by atoms with Gasteiger partial charge in [-0.15, -0.1) is 0 Å². The maximum Gasteiger partial charge on any atom is 0.506 e. The lowest BCUT2D eigenvalue weighted by Crippen LogP contribution is -2.41. The summed E-state index contributed by atoms with van der Waals surface area (Å²) in [4.78, 5) is 12.2. The van der Waals surface area contributed by atoms with Crippen molar-refractivity contribution in [2.75, 3.05) is 0 Å². The van der Waals surface area contributed by atoms with Crippen LogP contribution in [0, 0.1) is 5.82 Å². The normalized spacial score (nSPS) is 11.8. The molecular formula is C13H14BClFNO4. The minimum Gasteiger partial charge on any atom is -0.443 e. The van der Waals surface area contributed by atoms with Crippen LogP contribution in [-0.4, -0.2) is 33.4 Å². The summed E-state index contributed by atoms with van der Waals surface area (Å²) < 4.78 is 20.2. The number of carbonyl (C=O) groups excluding carboxylic acids is 1. The van der Waals surface area contributed by atoms with Crippen LogP contribution in [0.2, 0.25) is 5.02 Å². The van der Waals surface area contributed by atoms with Crippen molar-refractivity contribution in [3.05, 3.63) is 29.0 Å². The van der Waals surface area contributed by atoms with Gasteiger partial charge in [0.15, 0.2) is 5.82 Å². The Bertz CT molecular complexity index is 708. The lowest BCUT2D eigenvalue weighted by molar-refractivity contribution is 0.0547. The number of halogens is 2. The number of nitrogens with zero attached hydrogens (tertiary/aromatic N) is 1. The zero-order chi connectivity index (χ0) is 15.9. The van der Waals surface area contributed by atoms with E-state index >= 15 is 0 Å². The molecule has 0 aliphatic rings. The Morgan fingerprint density at radius 1 is 1.38 bits per heavy atom. The molecule has 0 radical (unpaired) electrons. The molecule has 2 N–H and O–H groups in total. The van der Waals surface area contributed by atoms with Crippen molar-refractivity contribution in [1.82, 2.24) is 4.57 Å². The fourth-order valence-electron chi connectivity index (χ4n) is 1.95. The highest BCUT2D eigenvalue weighted by molar-refractivity contribution is 6.59. The third-order valence-corrected chi connectivity index (χ3v) is 3.02. The molecule has 2 aromatic rings. The van der Waals surface area contributed by atoms with Crippen LogP contribution < -0.4 is 5.59 Å². The molecule has 0 saturated heterocycles. The molecule has 0 aliphatic heterocycles. The topological polar surface area (TPSA) is 71.7 Å². The van der Waals surface area contributed by atoms with Gasteiger partial charge in [0.2, 0.25) is 0 Å². The molecule has 0 saturated carbocycles. The van der Waals surface area contributed by atoms with E-state index in [1.165, 1.54) is 18.2 Å². The molecule has 0 spiro atoms. The average molecular weight is 314 g/mol. The van der Waals surface area contributed by atoms with E-state index in [1.807, 2.05) is 0 Å². The standard InChI is InChI=1S/C13H14BClFNO4/c1-13(2,3)21-12(18)17-9(14(19)20)6-7-4-5-8(15)10(16)11(7)17/h4-6,19-20H,1-3H3. The summed E-state index contributed by atoms with van der Waals surface area (Å²) in [6, 6.07) is 4.10. The number of carbonyl (C=O) groups is 1. The van der Waals surface area contributed by atoms with Crippen molar-refractivity contribution < 1.29 is 24.0 Å². The van der Waals surface area contributed by atoms with Crippen molar-refractivity contribution in [3.8, 4) is 0 Å². The quantitative estimate of drug-likeness (QED) is 0.789. The van der Waals surface area contributed by atoms with Crippen molar-refractivity contribution in [2.24, 2.45) is 0 Å². The number of benzene rings is 1. The van der Waals surface area contributed by atoms with Gasteiger partial charge in [0, 0.05) is 5.39 Å². The minimum absolute atomic E-state index is 0.153. The molecule has 112 valence electrons. The molecule has 0 atom stereocenters. The van der Waals surface area contributed by atoms with Gasteiger partial charge in [0.25, 0.3) is 0 Å². The maximum absolute atomic E-state index is 14.2. The minimum atomic E-state index is -1.96. The molecule has 0 unspecified atom stereocenters. The van der Waals surface area contributed by atoms with Gasteiger partial charge < -0.3 is 14.8 Å². The molecule has 5 nitrogen and oxygen atoms in total. The van der Waals surface area contributed by atoms with Crippen LogP contribution in [0.15, 0.2) is 18.2 Å². The van der Waals surface area contributed by atoms with Crippen molar-refractivity contribution >= 4 is 41.3 Å². The first-order valence-corrected chi connectivity index (χ1v) is 6.58. The first-order chi connectivity index (χ1) is 9.61. The lowest BCUT2D eigenvalue weighted by atomic mass is 9.86. The fraction of sp³-hybridized carbons (Fsp3) is 0.308. The second-order valence-electron chi connectivity index (χ2n) is 5.56. The first-order valence-electron chi connectivity index (χ1n) is 6.20. The monoisotopic (exact) mass is 313 g/mol. The molecule has 2 rings (SSSR count). The zero-order valence-corrected chi connectivity index (χ0v) is 12.5. The van der Waals surface area contributed by atoms with Crippen LogP contribution in [0.5, 0.6) is 0 Å². The van der Waals surface area contributed by atoms with Crippen molar-refractivity contribution in [3.63, 3.8) is 0 Å². The van der Waals surface area contributed by atoms with E-state index < -0.39 is 24.6 Å². The highest BCUT2D eigenvalue weighted by Crippen LogP contribution is 2.25. The van der Waals surface area contributed by atoms with E-state index in [9.17, 15) is 19.2 Å². The third kappa shape index (κ3) is 3.05. The molecule has 0 fully saturated rings. The van der Waals surface area contributed by atoms with Gasteiger partial charge in [0.1, 0.15) is 5.60 Å². The van der Waals surface area contributed by atoms with Gasteiger partial charge in [-0.05, 0) is 32.9 Å². The number of fused-ring (bicyclic) bond motifs is 1. The summed E-state index contributed by atoms with van der Waals surface area (Å²) in [6.45, 7) is 4.94. The Kier molecular flexibility index (Phi) is 4.01. The highest BCUT2D eigenvalue weighted by atomic mass is 35.5. The number of ether oxygens (including phenoxy) is 1. The summed E-state index contributed by atoms with van der Waals surface area (Å²) in [6.07, 6.45) is -0.915. The smallest absolute Gasteiger partial charge is 0.443 e. The van der Waals surface area contributed by atoms with Crippen LogP contribution in [0.1, 0.15) is 20.8 Å². The van der Waals surface area contributed by atoms with E-state index in [0.717, 1.165) is 4.57 Å². The molecule has 1 heterocycles. The van der Waals surface area contributed by atoms with E-state index in [2.05, 4.69) is 0 Å². The molecule has 0 bridgehead atoms. The van der Waals surface area contributed by atoms with Gasteiger partial charge in [-0.25, -0.2) is 13.8 Å². The number of aromatic nitrogens is 1. The van der Waals surface area contributed by atoms with Crippen LogP contribution >= 0.6 is 11.6 Å². The second kappa shape index (κ2) is 5.33. The predicted octanol–water partition coefficient (Wildman–Crippen LogP) is 1.90. The molecular weight excluding hydrogens is 299 g/mol. The largest absolute Gasteiger partial charge is 0.506 e. The van der Waals surface area contributed by atoms with E-state index in [1.54, 1.807) is 20.8 Å². The highest BCUT2D eigenvalue weighted by Gasteiger charge is 2.28.